The Hall–Kier alpha value is -3.24. The smallest absolute Gasteiger partial charge is 0.193 e. The Morgan fingerprint density at radius 2 is 1.70 bits per heavy atom. The van der Waals surface area contributed by atoms with E-state index in [1.807, 2.05) is 24.3 Å². The molecular formula is C38H43F2NO6. The number of aliphatic hydroxyl groups excluding tert-OH is 2. The Labute approximate surface area is 274 Å². The number of benzene rings is 2. The maximum Gasteiger partial charge on any atom is 0.193 e. The summed E-state index contributed by atoms with van der Waals surface area (Å²) in [5.41, 5.74) is -2.59. The maximum absolute atomic E-state index is 17.6. The number of halogens is 2. The standard InChI is InChI=1S/C38H43F2NO6/c1-21(2)41-25-11-7-23(8-12-25)15-22-5-9-24(10-6-22)34-46-33-18-27-28-17-30(39)29-16-26(43)13-14-35(29,3)37(28,40)31(44)19-36(27,4)38(33,47-34)32(45)20-42/h5-14,16,21,27-28,30-31,33-34,41-42,44H,15,17-20H2,1-4H3/t27-,28-,30-,31-,33+,34+,35-,36-,37-,38+/m0/s1. The van der Waals surface area contributed by atoms with Crippen molar-refractivity contribution in [2.75, 3.05) is 11.9 Å². The second-order valence-electron chi connectivity index (χ2n) is 14.9. The van der Waals surface area contributed by atoms with E-state index in [9.17, 15) is 19.8 Å². The Bertz CT molecular complexity index is 1640. The molecule has 4 fully saturated rings. The highest BCUT2D eigenvalue weighted by Gasteiger charge is 2.80. The average Bonchev–Trinajstić information content (AvgIpc) is 3.53. The van der Waals surface area contributed by atoms with E-state index in [4.69, 9.17) is 9.47 Å². The van der Waals surface area contributed by atoms with E-state index < -0.39 is 76.8 Å². The lowest BCUT2D eigenvalue weighted by atomic mass is 9.44. The zero-order valence-electron chi connectivity index (χ0n) is 27.2. The molecule has 0 aromatic heterocycles. The minimum absolute atomic E-state index is 0.0434. The van der Waals surface area contributed by atoms with Gasteiger partial charge in [-0.2, -0.15) is 0 Å². The van der Waals surface area contributed by atoms with Crippen LogP contribution >= 0.6 is 0 Å². The fraction of sp³-hybridized carbons (Fsp3) is 0.526. The summed E-state index contributed by atoms with van der Waals surface area (Å²) in [6, 6.07) is 16.4. The molecule has 10 atom stereocenters. The molecule has 5 aliphatic rings. The lowest BCUT2D eigenvalue weighted by molar-refractivity contribution is -0.235. The van der Waals surface area contributed by atoms with Crippen molar-refractivity contribution in [1.29, 1.82) is 0 Å². The van der Waals surface area contributed by atoms with Crippen molar-refractivity contribution in [2.45, 2.75) is 95.4 Å². The van der Waals surface area contributed by atoms with E-state index in [0.717, 1.165) is 29.3 Å². The Morgan fingerprint density at radius 3 is 2.34 bits per heavy atom. The van der Waals surface area contributed by atoms with Gasteiger partial charge < -0.3 is 25.0 Å². The number of fused-ring (bicyclic) bond motifs is 7. The van der Waals surface area contributed by atoms with Crippen LogP contribution < -0.4 is 5.32 Å². The van der Waals surface area contributed by atoms with Crippen LogP contribution in [0, 0.1) is 22.7 Å². The van der Waals surface area contributed by atoms with Gasteiger partial charge in [0.05, 0.1) is 12.2 Å². The molecule has 0 amide bonds. The Balaban J connectivity index is 1.16. The first-order valence-corrected chi connectivity index (χ1v) is 16.6. The number of hydrogen-bond acceptors (Lipinski definition) is 7. The summed E-state index contributed by atoms with van der Waals surface area (Å²) in [6.45, 7) is 6.70. The molecule has 47 heavy (non-hydrogen) atoms. The number of rotatable bonds is 7. The third-order valence-electron chi connectivity index (χ3n) is 12.0. The quantitative estimate of drug-likeness (QED) is 0.352. The van der Waals surface area contributed by atoms with Crippen molar-refractivity contribution >= 4 is 17.3 Å². The summed E-state index contributed by atoms with van der Waals surface area (Å²) in [5.74, 6) is -2.58. The van der Waals surface area contributed by atoms with Gasteiger partial charge in [0.15, 0.2) is 29.1 Å². The van der Waals surface area contributed by atoms with Crippen molar-refractivity contribution in [1.82, 2.24) is 0 Å². The van der Waals surface area contributed by atoms with Crippen molar-refractivity contribution in [3.05, 3.63) is 89.0 Å². The van der Waals surface area contributed by atoms with Gasteiger partial charge >= 0.3 is 0 Å². The van der Waals surface area contributed by atoms with Gasteiger partial charge in [0.2, 0.25) is 0 Å². The van der Waals surface area contributed by atoms with Gasteiger partial charge in [-0.1, -0.05) is 49.4 Å². The van der Waals surface area contributed by atoms with Crippen LogP contribution in [0.1, 0.15) is 69.9 Å². The largest absolute Gasteiger partial charge is 0.390 e. The molecule has 2 aromatic carbocycles. The van der Waals surface area contributed by atoms with Crippen LogP contribution in [0.5, 0.6) is 0 Å². The fourth-order valence-corrected chi connectivity index (χ4v) is 9.80. The van der Waals surface area contributed by atoms with Crippen molar-refractivity contribution < 1.29 is 38.1 Å². The summed E-state index contributed by atoms with van der Waals surface area (Å²) in [6.07, 6.45) is -0.616. The minimum atomic E-state index is -2.29. The number of hydrogen-bond donors (Lipinski definition) is 3. The molecular weight excluding hydrogens is 604 g/mol. The van der Waals surface area contributed by atoms with E-state index in [2.05, 4.69) is 43.4 Å². The first kappa shape index (κ1) is 32.3. The SMILES string of the molecule is CC(C)Nc1ccc(Cc2ccc([C@@H]3O[C@@H]4C[C@H]5[C@@H]6C[C@H](F)C7=CC(=O)C=C[C@]7(C)[C@@]6(F)[C@@H](O)C[C@]5(C)[C@]4(C(=O)CO)O3)cc2)cc1. The highest BCUT2D eigenvalue weighted by Crippen LogP contribution is 2.72. The third-order valence-corrected chi connectivity index (χ3v) is 12.0. The van der Waals surface area contributed by atoms with Crippen molar-refractivity contribution in [3.63, 3.8) is 0 Å². The molecule has 7 nitrogen and oxygen atoms in total. The zero-order valence-corrected chi connectivity index (χ0v) is 27.2. The number of allylic oxidation sites excluding steroid dienone is 4. The molecule has 0 bridgehead atoms. The van der Waals surface area contributed by atoms with Gasteiger partial charge in [-0.05, 0) is 93.4 Å². The summed E-state index contributed by atoms with van der Waals surface area (Å²) < 4.78 is 46.5. The molecule has 3 saturated carbocycles. The zero-order chi connectivity index (χ0) is 33.5. The summed E-state index contributed by atoms with van der Waals surface area (Å²) in [5, 5.41) is 25.3. The van der Waals surface area contributed by atoms with Crippen LogP contribution in [0.2, 0.25) is 0 Å². The number of carbonyl (C=O) groups excluding carboxylic acids is 2. The van der Waals surface area contributed by atoms with Gasteiger partial charge in [-0.15, -0.1) is 0 Å². The molecule has 1 saturated heterocycles. The number of Topliss-reactive ketones (excluding diaryl/α,β-unsaturated/α-hetero) is 1. The number of alkyl halides is 2. The molecule has 3 N–H and O–H groups in total. The van der Waals surface area contributed by atoms with Crippen LogP contribution in [-0.4, -0.2) is 64.1 Å². The van der Waals surface area contributed by atoms with Crippen LogP contribution in [-0.2, 0) is 25.5 Å². The van der Waals surface area contributed by atoms with E-state index in [0.29, 0.717) is 11.6 Å². The Kier molecular flexibility index (Phi) is 7.67. The molecule has 4 aliphatic carbocycles. The topological polar surface area (TPSA) is 105 Å². The molecule has 7 rings (SSSR count). The highest BCUT2D eigenvalue weighted by molar-refractivity contribution is 6.01. The summed E-state index contributed by atoms with van der Waals surface area (Å²) in [7, 11) is 0. The fourth-order valence-electron chi connectivity index (χ4n) is 9.80. The van der Waals surface area contributed by atoms with E-state index in [1.165, 1.54) is 12.2 Å². The minimum Gasteiger partial charge on any atom is -0.390 e. The summed E-state index contributed by atoms with van der Waals surface area (Å²) >= 11 is 0. The number of carbonyl (C=O) groups is 2. The van der Waals surface area contributed by atoms with Gasteiger partial charge in [-0.25, -0.2) is 8.78 Å². The molecule has 1 heterocycles. The van der Waals surface area contributed by atoms with E-state index in [-0.39, 0.29) is 24.8 Å². The van der Waals surface area contributed by atoms with Crippen LogP contribution in [0.3, 0.4) is 0 Å². The number of ketones is 2. The number of aliphatic hydroxyl groups is 2. The maximum atomic E-state index is 17.6. The molecule has 0 radical (unpaired) electrons. The molecule has 0 unspecified atom stereocenters. The van der Waals surface area contributed by atoms with Crippen molar-refractivity contribution in [3.8, 4) is 0 Å². The lowest BCUT2D eigenvalue weighted by Gasteiger charge is -2.63. The van der Waals surface area contributed by atoms with Crippen molar-refractivity contribution in [2.24, 2.45) is 22.7 Å². The predicted molar refractivity (Wildman–Crippen MR) is 172 cm³/mol. The van der Waals surface area contributed by atoms with Gasteiger partial charge in [0.1, 0.15) is 12.8 Å². The molecule has 2 aromatic rings. The van der Waals surface area contributed by atoms with E-state index >= 15 is 8.78 Å². The van der Waals surface area contributed by atoms with Crippen LogP contribution in [0.15, 0.2) is 72.3 Å². The molecule has 250 valence electrons. The van der Waals surface area contributed by atoms with Crippen LogP contribution in [0.4, 0.5) is 14.5 Å². The van der Waals surface area contributed by atoms with Crippen LogP contribution in [0.25, 0.3) is 0 Å². The number of nitrogens with one attached hydrogen (secondary N) is 1. The number of anilines is 1. The lowest BCUT2D eigenvalue weighted by Crippen LogP contribution is -2.70. The van der Waals surface area contributed by atoms with Gasteiger partial charge in [0, 0.05) is 34.0 Å². The highest BCUT2D eigenvalue weighted by atomic mass is 19.1. The monoisotopic (exact) mass is 647 g/mol. The van der Waals surface area contributed by atoms with E-state index in [1.54, 1.807) is 13.8 Å². The van der Waals surface area contributed by atoms with Gasteiger partial charge in [-0.3, -0.25) is 9.59 Å². The molecule has 9 heteroatoms. The normalized spacial score (nSPS) is 40.4. The number of ether oxygens (including phenoxy) is 2. The average molecular weight is 648 g/mol. The molecule has 0 spiro atoms. The first-order chi connectivity index (χ1) is 22.3. The molecule has 1 aliphatic heterocycles. The second kappa shape index (κ2) is 11.2. The third kappa shape index (κ3) is 4.56. The first-order valence-electron chi connectivity index (χ1n) is 16.6. The van der Waals surface area contributed by atoms with Gasteiger partial charge in [0.25, 0.3) is 0 Å². The summed E-state index contributed by atoms with van der Waals surface area (Å²) in [4.78, 5) is 25.9. The predicted octanol–water partition coefficient (Wildman–Crippen LogP) is 5.74. The Morgan fingerprint density at radius 1 is 1.04 bits per heavy atom. The second-order valence-corrected chi connectivity index (χ2v) is 14.9.